The second-order valence-corrected chi connectivity index (χ2v) is 8.55. The van der Waals surface area contributed by atoms with E-state index in [2.05, 4.69) is 19.1 Å². The van der Waals surface area contributed by atoms with Gasteiger partial charge in [0.25, 0.3) is 0 Å². The number of aryl methyl sites for hydroxylation is 1. The summed E-state index contributed by atoms with van der Waals surface area (Å²) in [6, 6.07) is 5.81. The van der Waals surface area contributed by atoms with Crippen molar-refractivity contribution in [2.24, 2.45) is 0 Å². The second-order valence-electron chi connectivity index (χ2n) is 5.35. The molecular weight excluding hydrogens is 400 g/mol. The van der Waals surface area contributed by atoms with Crippen LogP contribution >= 0.6 is 0 Å². The summed E-state index contributed by atoms with van der Waals surface area (Å²) in [5, 5.41) is 0. The van der Waals surface area contributed by atoms with Gasteiger partial charge in [0.1, 0.15) is 5.82 Å². The predicted octanol–water partition coefficient (Wildman–Crippen LogP) is 0.224. The molecule has 0 aliphatic rings. The van der Waals surface area contributed by atoms with Gasteiger partial charge in [-0.15, -0.1) is 0 Å². The summed E-state index contributed by atoms with van der Waals surface area (Å²) < 4.78 is 58.4. The van der Waals surface area contributed by atoms with E-state index < -0.39 is 38.3 Å². The van der Waals surface area contributed by atoms with Crippen LogP contribution in [0, 0.1) is 6.92 Å². The molecular formula is C14H18N4O7S2. The number of benzene rings is 1. The van der Waals surface area contributed by atoms with Gasteiger partial charge in [0.2, 0.25) is 5.95 Å². The Morgan fingerprint density at radius 1 is 1.22 bits per heavy atom. The average Bonchev–Trinajstić information content (AvgIpc) is 2.53. The third-order valence-corrected chi connectivity index (χ3v) is 5.53. The smallest absolute Gasteiger partial charge is 0.311 e. The largest absolute Gasteiger partial charge is 0.397 e. The van der Waals surface area contributed by atoms with E-state index in [0.717, 1.165) is 0 Å². The first-order valence-electron chi connectivity index (χ1n) is 7.69. The second kappa shape index (κ2) is 8.12. The van der Waals surface area contributed by atoms with Crippen molar-refractivity contribution in [3.63, 3.8) is 0 Å². The minimum Gasteiger partial charge on any atom is -0.311 e. The number of anilines is 2. The van der Waals surface area contributed by atoms with Crippen LogP contribution < -0.4 is 10.6 Å². The average molecular weight is 418 g/mol. The standard InChI is InChI=1S/C14H18N4O7S2/c1-3-18(13-15-10(2)16-14(19)17-13)11-5-4-6-12(9-11)26(20,21)8-7-25-27(22,23)24/h4-6,9H,3,7-8H2,1-2H3,(H,22,23,24)(H,15,16,17,19). The van der Waals surface area contributed by atoms with Crippen LogP contribution in [0.15, 0.2) is 34.0 Å². The summed E-state index contributed by atoms with van der Waals surface area (Å²) in [6.07, 6.45) is 0. The summed E-state index contributed by atoms with van der Waals surface area (Å²) in [7, 11) is -8.60. The van der Waals surface area contributed by atoms with E-state index in [1.807, 2.05) is 0 Å². The van der Waals surface area contributed by atoms with Crippen LogP contribution in [0.2, 0.25) is 0 Å². The highest BCUT2D eigenvalue weighted by molar-refractivity contribution is 7.91. The fourth-order valence-electron chi connectivity index (χ4n) is 2.25. The number of rotatable bonds is 8. The Bertz CT molecular complexity index is 1080. The lowest BCUT2D eigenvalue weighted by atomic mass is 10.3. The fourth-order valence-corrected chi connectivity index (χ4v) is 3.77. The number of H-pyrrole nitrogens is 1. The van der Waals surface area contributed by atoms with Crippen molar-refractivity contribution in [3.8, 4) is 0 Å². The molecule has 0 aliphatic heterocycles. The van der Waals surface area contributed by atoms with Crippen LogP contribution in [-0.2, 0) is 24.4 Å². The Kier molecular flexibility index (Phi) is 6.30. The minimum atomic E-state index is -4.72. The number of aromatic amines is 1. The van der Waals surface area contributed by atoms with Gasteiger partial charge in [0.05, 0.1) is 17.3 Å². The van der Waals surface area contributed by atoms with Crippen molar-refractivity contribution in [2.45, 2.75) is 18.7 Å². The molecule has 13 heteroatoms. The van der Waals surface area contributed by atoms with Gasteiger partial charge < -0.3 is 4.90 Å². The SMILES string of the molecule is CCN(c1cccc(S(=O)(=O)CCOS(=O)(=O)O)c1)c1nc(C)[nH]c(=O)n1. The Labute approximate surface area is 155 Å². The molecule has 27 heavy (non-hydrogen) atoms. The lowest BCUT2D eigenvalue weighted by Crippen LogP contribution is -2.25. The van der Waals surface area contributed by atoms with Gasteiger partial charge in [-0.25, -0.2) is 17.4 Å². The van der Waals surface area contributed by atoms with E-state index in [-0.39, 0.29) is 10.8 Å². The highest BCUT2D eigenvalue weighted by Gasteiger charge is 2.19. The van der Waals surface area contributed by atoms with Gasteiger partial charge in [-0.05, 0) is 32.0 Å². The van der Waals surface area contributed by atoms with Crippen molar-refractivity contribution in [1.82, 2.24) is 15.0 Å². The van der Waals surface area contributed by atoms with Gasteiger partial charge in [-0.2, -0.15) is 18.4 Å². The van der Waals surface area contributed by atoms with Crippen molar-refractivity contribution in [2.75, 3.05) is 23.8 Å². The predicted molar refractivity (Wildman–Crippen MR) is 96.1 cm³/mol. The molecule has 0 saturated heterocycles. The Morgan fingerprint density at radius 3 is 2.52 bits per heavy atom. The van der Waals surface area contributed by atoms with Crippen LogP contribution in [0.1, 0.15) is 12.7 Å². The lowest BCUT2D eigenvalue weighted by molar-refractivity contribution is 0.284. The Balaban J connectivity index is 2.33. The molecule has 2 rings (SSSR count). The minimum absolute atomic E-state index is 0.0843. The van der Waals surface area contributed by atoms with Crippen molar-refractivity contribution >= 4 is 31.9 Å². The molecule has 0 atom stereocenters. The van der Waals surface area contributed by atoms with Crippen molar-refractivity contribution < 1.29 is 25.6 Å². The van der Waals surface area contributed by atoms with Gasteiger partial charge in [-0.1, -0.05) is 6.07 Å². The maximum Gasteiger partial charge on any atom is 0.397 e. The number of nitrogens with one attached hydrogen (secondary N) is 1. The molecule has 2 N–H and O–H groups in total. The fraction of sp³-hybridized carbons (Fsp3) is 0.357. The van der Waals surface area contributed by atoms with E-state index in [9.17, 15) is 21.6 Å². The van der Waals surface area contributed by atoms with Gasteiger partial charge in [-0.3, -0.25) is 9.54 Å². The van der Waals surface area contributed by atoms with E-state index in [0.29, 0.717) is 18.1 Å². The summed E-state index contributed by atoms with van der Waals surface area (Å²) in [5.74, 6) is -0.180. The summed E-state index contributed by atoms with van der Waals surface area (Å²) in [6.45, 7) is 3.01. The van der Waals surface area contributed by atoms with Gasteiger partial charge in [0, 0.05) is 12.2 Å². The maximum absolute atomic E-state index is 12.4. The molecule has 0 amide bonds. The molecule has 0 aliphatic carbocycles. The third kappa shape index (κ3) is 5.82. The molecule has 0 saturated carbocycles. The molecule has 0 unspecified atom stereocenters. The molecule has 1 aromatic heterocycles. The zero-order valence-corrected chi connectivity index (χ0v) is 16.1. The Hall–Kier alpha value is -2.35. The summed E-state index contributed by atoms with van der Waals surface area (Å²) >= 11 is 0. The number of sulfone groups is 1. The first kappa shape index (κ1) is 21.0. The lowest BCUT2D eigenvalue weighted by Gasteiger charge is -2.21. The van der Waals surface area contributed by atoms with Crippen LogP contribution in [0.5, 0.6) is 0 Å². The van der Waals surface area contributed by atoms with Crippen molar-refractivity contribution in [3.05, 3.63) is 40.6 Å². The molecule has 0 bridgehead atoms. The monoisotopic (exact) mass is 418 g/mol. The highest BCUT2D eigenvalue weighted by atomic mass is 32.3. The molecule has 11 nitrogen and oxygen atoms in total. The normalized spacial score (nSPS) is 12.1. The first-order chi connectivity index (χ1) is 12.5. The van der Waals surface area contributed by atoms with Crippen LogP contribution in [-0.4, -0.2) is 55.2 Å². The number of aromatic nitrogens is 3. The molecule has 1 aromatic carbocycles. The van der Waals surface area contributed by atoms with Crippen molar-refractivity contribution in [1.29, 1.82) is 0 Å². The van der Waals surface area contributed by atoms with E-state index >= 15 is 0 Å². The van der Waals surface area contributed by atoms with Gasteiger partial charge >= 0.3 is 16.1 Å². The summed E-state index contributed by atoms with van der Waals surface area (Å²) in [5.41, 5.74) is -0.152. The molecule has 2 aromatic rings. The number of hydrogen-bond donors (Lipinski definition) is 2. The van der Waals surface area contributed by atoms with Crippen LogP contribution in [0.3, 0.4) is 0 Å². The topological polar surface area (TPSA) is 160 Å². The molecule has 0 spiro atoms. The zero-order valence-electron chi connectivity index (χ0n) is 14.5. The highest BCUT2D eigenvalue weighted by Crippen LogP contribution is 2.24. The van der Waals surface area contributed by atoms with E-state index in [4.69, 9.17) is 4.55 Å². The van der Waals surface area contributed by atoms with Crippen LogP contribution in [0.25, 0.3) is 0 Å². The van der Waals surface area contributed by atoms with Crippen LogP contribution in [0.4, 0.5) is 11.6 Å². The molecule has 148 valence electrons. The third-order valence-electron chi connectivity index (χ3n) is 3.39. The van der Waals surface area contributed by atoms with E-state index in [1.54, 1.807) is 24.8 Å². The number of nitrogens with zero attached hydrogens (tertiary/aromatic N) is 3. The first-order valence-corrected chi connectivity index (χ1v) is 10.7. The molecule has 0 radical (unpaired) electrons. The van der Waals surface area contributed by atoms with E-state index in [1.165, 1.54) is 18.2 Å². The molecule has 0 fully saturated rings. The number of hydrogen-bond acceptors (Lipinski definition) is 9. The Morgan fingerprint density at radius 2 is 1.93 bits per heavy atom. The molecule has 1 heterocycles. The quantitative estimate of drug-likeness (QED) is 0.568. The van der Waals surface area contributed by atoms with Gasteiger partial charge in [0.15, 0.2) is 9.84 Å². The maximum atomic E-state index is 12.4. The zero-order chi connectivity index (χ0) is 20.2. The summed E-state index contributed by atoms with van der Waals surface area (Å²) in [4.78, 5) is 23.4.